The highest BCUT2D eigenvalue weighted by atomic mass is 35.5. The summed E-state index contributed by atoms with van der Waals surface area (Å²) in [6, 6.07) is 17.3. The van der Waals surface area contributed by atoms with Crippen LogP contribution >= 0.6 is 35.6 Å². The van der Waals surface area contributed by atoms with Crippen LogP contribution in [0, 0.1) is 13.8 Å². The molecule has 0 bridgehead atoms. The second kappa shape index (κ2) is 7.59. The van der Waals surface area contributed by atoms with E-state index in [9.17, 15) is 4.79 Å². The molecule has 4 rings (SSSR count). The Morgan fingerprint density at radius 1 is 1.04 bits per heavy atom. The predicted octanol–water partition coefficient (Wildman–Crippen LogP) is 6.15. The van der Waals surface area contributed by atoms with Crippen molar-refractivity contribution in [2.24, 2.45) is 0 Å². The molecule has 0 atom stereocenters. The number of aromatic nitrogens is 1. The highest BCUT2D eigenvalue weighted by Crippen LogP contribution is 2.37. The number of hydrogen-bond donors (Lipinski definition) is 0. The molecule has 2 heterocycles. The Bertz CT molecular complexity index is 1120. The van der Waals surface area contributed by atoms with Gasteiger partial charge in [-0.3, -0.25) is 9.69 Å². The molecule has 28 heavy (non-hydrogen) atoms. The molecule has 0 aliphatic carbocycles. The van der Waals surface area contributed by atoms with Crippen molar-refractivity contribution >= 4 is 57.6 Å². The first-order chi connectivity index (χ1) is 13.5. The van der Waals surface area contributed by atoms with Crippen LogP contribution in [0.1, 0.15) is 16.8 Å². The standard InChI is InChI=1S/C22H17ClN2OS2/c1-14-13-24(17-8-4-3-5-9-17)15(2)19(14)12-20-21(26)25(22(27)28-20)18-10-6-7-16(23)11-18/h3-13H,1-2H3/b20-12-. The number of halogens is 1. The van der Waals surface area contributed by atoms with Crippen molar-refractivity contribution < 1.29 is 4.79 Å². The van der Waals surface area contributed by atoms with Crippen LogP contribution in [0.2, 0.25) is 5.02 Å². The number of thioether (sulfide) groups is 1. The Morgan fingerprint density at radius 3 is 2.46 bits per heavy atom. The van der Waals surface area contributed by atoms with E-state index in [0.29, 0.717) is 19.9 Å². The molecular weight excluding hydrogens is 408 g/mol. The van der Waals surface area contributed by atoms with Crippen molar-refractivity contribution in [3.05, 3.63) is 87.5 Å². The predicted molar refractivity (Wildman–Crippen MR) is 122 cm³/mol. The fraction of sp³-hybridized carbons (Fsp3) is 0.0909. The number of amides is 1. The van der Waals surface area contributed by atoms with E-state index in [1.54, 1.807) is 12.1 Å². The summed E-state index contributed by atoms with van der Waals surface area (Å²) in [5.74, 6) is -0.122. The van der Waals surface area contributed by atoms with Crippen LogP contribution in [0.15, 0.2) is 65.7 Å². The summed E-state index contributed by atoms with van der Waals surface area (Å²) in [5, 5.41) is 0.571. The number of rotatable bonds is 3. The minimum Gasteiger partial charge on any atom is -0.320 e. The molecular formula is C22H17ClN2OS2. The van der Waals surface area contributed by atoms with E-state index < -0.39 is 0 Å². The molecule has 2 aromatic carbocycles. The van der Waals surface area contributed by atoms with Crippen LogP contribution in [0.4, 0.5) is 5.69 Å². The summed E-state index contributed by atoms with van der Waals surface area (Å²) < 4.78 is 2.65. The summed E-state index contributed by atoms with van der Waals surface area (Å²) in [7, 11) is 0. The average molecular weight is 425 g/mol. The normalized spacial score (nSPS) is 15.7. The van der Waals surface area contributed by atoms with Crippen LogP contribution in [0.3, 0.4) is 0 Å². The molecule has 1 fully saturated rings. The molecule has 0 saturated carbocycles. The van der Waals surface area contributed by atoms with Gasteiger partial charge in [-0.1, -0.05) is 59.8 Å². The Labute approximate surface area is 178 Å². The fourth-order valence-electron chi connectivity index (χ4n) is 3.29. The minimum absolute atomic E-state index is 0.122. The van der Waals surface area contributed by atoms with Gasteiger partial charge in [-0.2, -0.15) is 0 Å². The van der Waals surface area contributed by atoms with Crippen molar-refractivity contribution in [3.8, 4) is 5.69 Å². The van der Waals surface area contributed by atoms with Crippen LogP contribution < -0.4 is 4.90 Å². The number of hydrogen-bond acceptors (Lipinski definition) is 3. The lowest BCUT2D eigenvalue weighted by Crippen LogP contribution is -2.27. The first-order valence-corrected chi connectivity index (χ1v) is 10.3. The van der Waals surface area contributed by atoms with Crippen LogP contribution in [0.25, 0.3) is 11.8 Å². The maximum atomic E-state index is 13.0. The van der Waals surface area contributed by atoms with E-state index >= 15 is 0 Å². The Morgan fingerprint density at radius 2 is 1.75 bits per heavy atom. The van der Waals surface area contributed by atoms with E-state index in [4.69, 9.17) is 23.8 Å². The van der Waals surface area contributed by atoms with Crippen molar-refractivity contribution in [2.45, 2.75) is 13.8 Å². The van der Waals surface area contributed by atoms with Gasteiger partial charge in [0.2, 0.25) is 0 Å². The number of para-hydroxylation sites is 1. The quantitative estimate of drug-likeness (QED) is 0.372. The van der Waals surface area contributed by atoms with Crippen LogP contribution in [0.5, 0.6) is 0 Å². The third-order valence-electron chi connectivity index (χ3n) is 4.67. The molecule has 1 saturated heterocycles. The fourth-order valence-corrected chi connectivity index (χ4v) is 4.75. The lowest BCUT2D eigenvalue weighted by molar-refractivity contribution is -0.113. The zero-order chi connectivity index (χ0) is 19.8. The lowest BCUT2D eigenvalue weighted by atomic mass is 10.1. The molecule has 6 heteroatoms. The van der Waals surface area contributed by atoms with Gasteiger partial charge in [-0.25, -0.2) is 0 Å². The molecule has 0 spiro atoms. The van der Waals surface area contributed by atoms with Gasteiger partial charge in [0.25, 0.3) is 5.91 Å². The molecule has 1 aromatic heterocycles. The Kier molecular flexibility index (Phi) is 5.15. The molecule has 140 valence electrons. The van der Waals surface area contributed by atoms with Crippen LogP contribution in [-0.4, -0.2) is 14.8 Å². The SMILES string of the molecule is Cc1cn(-c2ccccc2)c(C)c1/C=C1\SC(=S)N(c2cccc(Cl)c2)C1=O. The number of carbonyl (C=O) groups excluding carboxylic acids is 1. The summed E-state index contributed by atoms with van der Waals surface area (Å²) in [4.78, 5) is 15.2. The van der Waals surface area contributed by atoms with Crippen molar-refractivity contribution in [1.82, 2.24) is 4.57 Å². The minimum atomic E-state index is -0.122. The van der Waals surface area contributed by atoms with E-state index in [1.807, 2.05) is 36.4 Å². The Hall–Kier alpha value is -2.34. The van der Waals surface area contributed by atoms with Crippen molar-refractivity contribution in [3.63, 3.8) is 0 Å². The molecule has 0 unspecified atom stereocenters. The first kappa shape index (κ1) is 19.0. The van der Waals surface area contributed by atoms with Gasteiger partial charge in [0.1, 0.15) is 0 Å². The van der Waals surface area contributed by atoms with Gasteiger partial charge in [0, 0.05) is 22.6 Å². The van der Waals surface area contributed by atoms with Gasteiger partial charge < -0.3 is 4.57 Å². The third kappa shape index (κ3) is 3.41. The highest BCUT2D eigenvalue weighted by molar-refractivity contribution is 8.27. The van der Waals surface area contributed by atoms with Gasteiger partial charge in [0.05, 0.1) is 10.6 Å². The van der Waals surface area contributed by atoms with E-state index in [0.717, 1.165) is 22.5 Å². The average Bonchev–Trinajstić information content (AvgIpc) is 3.12. The van der Waals surface area contributed by atoms with Crippen molar-refractivity contribution in [2.75, 3.05) is 4.90 Å². The van der Waals surface area contributed by atoms with Gasteiger partial charge in [-0.05, 0) is 61.4 Å². The van der Waals surface area contributed by atoms with Crippen molar-refractivity contribution in [1.29, 1.82) is 0 Å². The number of carbonyl (C=O) groups is 1. The zero-order valence-corrected chi connectivity index (χ0v) is 17.7. The number of nitrogens with zero attached hydrogens (tertiary/aromatic N) is 2. The summed E-state index contributed by atoms with van der Waals surface area (Å²) in [5.41, 5.74) is 5.00. The summed E-state index contributed by atoms with van der Waals surface area (Å²) in [6.07, 6.45) is 4.03. The molecule has 1 aliphatic rings. The number of aryl methyl sites for hydroxylation is 1. The number of benzene rings is 2. The largest absolute Gasteiger partial charge is 0.320 e. The van der Waals surface area contributed by atoms with E-state index in [-0.39, 0.29) is 5.91 Å². The second-order valence-electron chi connectivity index (χ2n) is 6.51. The molecule has 0 N–H and O–H groups in total. The number of anilines is 1. The number of thiocarbonyl (C=S) groups is 1. The molecule has 1 amide bonds. The van der Waals surface area contributed by atoms with Gasteiger partial charge >= 0.3 is 0 Å². The zero-order valence-electron chi connectivity index (χ0n) is 15.3. The molecule has 1 aliphatic heterocycles. The lowest BCUT2D eigenvalue weighted by Gasteiger charge is -2.14. The highest BCUT2D eigenvalue weighted by Gasteiger charge is 2.33. The molecule has 3 nitrogen and oxygen atoms in total. The molecule has 0 radical (unpaired) electrons. The summed E-state index contributed by atoms with van der Waals surface area (Å²) >= 11 is 12.9. The Balaban J connectivity index is 1.72. The third-order valence-corrected chi connectivity index (χ3v) is 6.21. The summed E-state index contributed by atoms with van der Waals surface area (Å²) in [6.45, 7) is 4.11. The molecule has 3 aromatic rings. The van der Waals surface area contributed by atoms with E-state index in [2.05, 4.69) is 36.7 Å². The van der Waals surface area contributed by atoms with Gasteiger partial charge in [0.15, 0.2) is 4.32 Å². The van der Waals surface area contributed by atoms with E-state index in [1.165, 1.54) is 16.7 Å². The topological polar surface area (TPSA) is 25.2 Å². The van der Waals surface area contributed by atoms with Gasteiger partial charge in [-0.15, -0.1) is 0 Å². The maximum Gasteiger partial charge on any atom is 0.270 e. The monoisotopic (exact) mass is 424 g/mol. The first-order valence-electron chi connectivity index (χ1n) is 8.73. The maximum absolute atomic E-state index is 13.0. The smallest absolute Gasteiger partial charge is 0.270 e. The second-order valence-corrected chi connectivity index (χ2v) is 8.63. The van der Waals surface area contributed by atoms with Crippen LogP contribution in [-0.2, 0) is 4.79 Å².